The van der Waals surface area contributed by atoms with Crippen molar-refractivity contribution < 1.29 is 9.47 Å². The predicted octanol–water partition coefficient (Wildman–Crippen LogP) is 2.64. The molecule has 0 saturated carbocycles. The van der Waals surface area contributed by atoms with Crippen LogP contribution in [0.4, 0.5) is 0 Å². The molecule has 2 atom stereocenters. The van der Waals surface area contributed by atoms with Gasteiger partial charge in [-0.05, 0) is 17.7 Å². The van der Waals surface area contributed by atoms with Gasteiger partial charge in [-0.1, -0.05) is 42.5 Å². The van der Waals surface area contributed by atoms with Crippen LogP contribution in [-0.2, 0) is 9.47 Å². The molecular formula is C14H14O2. The minimum absolute atomic E-state index is 0.0301. The van der Waals surface area contributed by atoms with Crippen LogP contribution >= 0.6 is 0 Å². The Kier molecular flexibility index (Phi) is 2.39. The second-order valence-corrected chi connectivity index (χ2v) is 4.09. The predicted molar refractivity (Wildman–Crippen MR) is 62.1 cm³/mol. The minimum atomic E-state index is -0.389. The highest BCUT2D eigenvalue weighted by molar-refractivity contribution is 5.32. The van der Waals surface area contributed by atoms with Crippen molar-refractivity contribution in [1.29, 1.82) is 0 Å². The lowest BCUT2D eigenvalue weighted by Gasteiger charge is -2.35. The minimum Gasteiger partial charge on any atom is -0.366 e. The molecule has 0 bridgehead atoms. The van der Waals surface area contributed by atoms with Crippen LogP contribution in [-0.4, -0.2) is 18.8 Å². The first-order valence-electron chi connectivity index (χ1n) is 5.57. The van der Waals surface area contributed by atoms with Crippen molar-refractivity contribution in [3.8, 4) is 0 Å². The molecule has 0 radical (unpaired) electrons. The highest BCUT2D eigenvalue weighted by Gasteiger charge is 2.40. The van der Waals surface area contributed by atoms with E-state index >= 15 is 0 Å². The molecule has 0 aliphatic carbocycles. The zero-order valence-corrected chi connectivity index (χ0v) is 9.00. The molecule has 0 aromatic heterocycles. The summed E-state index contributed by atoms with van der Waals surface area (Å²) in [5.41, 5.74) is 0.776. The van der Waals surface area contributed by atoms with Crippen molar-refractivity contribution in [1.82, 2.24) is 0 Å². The number of ether oxygens (including phenoxy) is 2. The summed E-state index contributed by atoms with van der Waals surface area (Å²) in [5.74, 6) is 0. The summed E-state index contributed by atoms with van der Waals surface area (Å²) < 4.78 is 11.7. The van der Waals surface area contributed by atoms with Gasteiger partial charge in [0.2, 0.25) is 0 Å². The average molecular weight is 214 g/mol. The van der Waals surface area contributed by atoms with Gasteiger partial charge in [0, 0.05) is 0 Å². The summed E-state index contributed by atoms with van der Waals surface area (Å²) in [6.45, 7) is 1.32. The van der Waals surface area contributed by atoms with Crippen molar-refractivity contribution >= 4 is 0 Å². The zero-order chi connectivity index (χ0) is 10.8. The van der Waals surface area contributed by atoms with Crippen LogP contribution in [0.15, 0.2) is 54.6 Å². The van der Waals surface area contributed by atoms with E-state index in [-0.39, 0.29) is 11.7 Å². The van der Waals surface area contributed by atoms with E-state index in [1.165, 1.54) is 5.56 Å². The molecule has 2 heteroatoms. The Bertz CT molecular complexity index is 422. The molecule has 0 N–H and O–H groups in total. The van der Waals surface area contributed by atoms with Crippen molar-refractivity contribution in [3.63, 3.8) is 0 Å². The van der Waals surface area contributed by atoms with E-state index in [4.69, 9.17) is 9.47 Å². The Morgan fingerprint density at radius 1 is 1.00 bits per heavy atom. The lowest BCUT2D eigenvalue weighted by Crippen LogP contribution is -2.37. The van der Waals surface area contributed by atoms with Crippen LogP contribution in [0.2, 0.25) is 0 Å². The molecule has 16 heavy (non-hydrogen) atoms. The second-order valence-electron chi connectivity index (χ2n) is 4.09. The van der Waals surface area contributed by atoms with E-state index in [0.717, 1.165) is 0 Å². The fourth-order valence-corrected chi connectivity index (χ4v) is 2.33. The molecule has 82 valence electrons. The zero-order valence-electron chi connectivity index (χ0n) is 9.00. The molecular weight excluding hydrogens is 200 g/mol. The largest absolute Gasteiger partial charge is 0.366 e. The maximum Gasteiger partial charge on any atom is 0.135 e. The second kappa shape index (κ2) is 3.89. The normalized spacial score (nSPS) is 32.4. The number of rotatable bonds is 1. The Morgan fingerprint density at radius 2 is 1.75 bits per heavy atom. The molecule has 2 nitrogen and oxygen atoms in total. The maximum absolute atomic E-state index is 5.84. The van der Waals surface area contributed by atoms with Crippen LogP contribution in [0.1, 0.15) is 11.7 Å². The van der Waals surface area contributed by atoms with Gasteiger partial charge in [0.1, 0.15) is 11.7 Å². The molecule has 1 aromatic rings. The lowest BCUT2D eigenvalue weighted by atomic mass is 9.89. The molecule has 0 amide bonds. The maximum atomic E-state index is 5.84. The molecule has 1 spiro atoms. The van der Waals surface area contributed by atoms with Crippen molar-refractivity contribution in [2.75, 3.05) is 13.2 Å². The molecule has 3 rings (SSSR count). The summed E-state index contributed by atoms with van der Waals surface area (Å²) in [4.78, 5) is 0. The van der Waals surface area contributed by atoms with E-state index in [2.05, 4.69) is 30.4 Å². The number of hydrogen-bond donors (Lipinski definition) is 0. The van der Waals surface area contributed by atoms with Crippen molar-refractivity contribution in [3.05, 3.63) is 60.2 Å². The van der Waals surface area contributed by atoms with Crippen LogP contribution in [0.3, 0.4) is 0 Å². The average Bonchev–Trinajstić information content (AvgIpc) is 2.80. The number of hydrogen-bond acceptors (Lipinski definition) is 2. The SMILES string of the molecule is C1=C[C@@]2(C=CCO2)[C@@H](c2ccccc2)OC1. The van der Waals surface area contributed by atoms with Gasteiger partial charge in [-0.2, -0.15) is 0 Å². The van der Waals surface area contributed by atoms with Gasteiger partial charge >= 0.3 is 0 Å². The van der Waals surface area contributed by atoms with Crippen molar-refractivity contribution in [2.45, 2.75) is 11.7 Å². The molecule has 0 saturated heterocycles. The fourth-order valence-electron chi connectivity index (χ4n) is 2.33. The first-order chi connectivity index (χ1) is 7.91. The molecule has 0 fully saturated rings. The van der Waals surface area contributed by atoms with Gasteiger partial charge in [-0.3, -0.25) is 0 Å². The third kappa shape index (κ3) is 1.51. The van der Waals surface area contributed by atoms with Gasteiger partial charge in [0.15, 0.2) is 0 Å². The molecule has 2 heterocycles. The quantitative estimate of drug-likeness (QED) is 0.669. The fraction of sp³-hybridized carbons (Fsp3) is 0.286. The Hall–Kier alpha value is -1.38. The molecule has 0 unspecified atom stereocenters. The van der Waals surface area contributed by atoms with E-state index in [9.17, 15) is 0 Å². The van der Waals surface area contributed by atoms with E-state index in [1.54, 1.807) is 0 Å². The third-order valence-corrected chi connectivity index (χ3v) is 3.06. The molecule has 1 aromatic carbocycles. The van der Waals surface area contributed by atoms with E-state index in [0.29, 0.717) is 13.2 Å². The third-order valence-electron chi connectivity index (χ3n) is 3.06. The van der Waals surface area contributed by atoms with E-state index < -0.39 is 0 Å². The summed E-state index contributed by atoms with van der Waals surface area (Å²) in [6, 6.07) is 10.2. The van der Waals surface area contributed by atoms with E-state index in [1.807, 2.05) is 24.3 Å². The number of benzene rings is 1. The Labute approximate surface area is 95.2 Å². The summed E-state index contributed by atoms with van der Waals surface area (Å²) >= 11 is 0. The highest BCUT2D eigenvalue weighted by atomic mass is 16.6. The van der Waals surface area contributed by atoms with Gasteiger partial charge in [0.25, 0.3) is 0 Å². The van der Waals surface area contributed by atoms with Gasteiger partial charge in [0.05, 0.1) is 13.2 Å². The van der Waals surface area contributed by atoms with Gasteiger partial charge < -0.3 is 9.47 Å². The van der Waals surface area contributed by atoms with Crippen LogP contribution in [0.25, 0.3) is 0 Å². The Balaban J connectivity index is 2.00. The first-order valence-corrected chi connectivity index (χ1v) is 5.57. The van der Waals surface area contributed by atoms with Crippen LogP contribution in [0.5, 0.6) is 0 Å². The van der Waals surface area contributed by atoms with Gasteiger partial charge in [-0.25, -0.2) is 0 Å². The smallest absolute Gasteiger partial charge is 0.135 e. The topological polar surface area (TPSA) is 18.5 Å². The summed E-state index contributed by atoms with van der Waals surface area (Å²) in [7, 11) is 0. The van der Waals surface area contributed by atoms with Gasteiger partial charge in [-0.15, -0.1) is 0 Å². The monoisotopic (exact) mass is 214 g/mol. The van der Waals surface area contributed by atoms with Crippen LogP contribution < -0.4 is 0 Å². The molecule has 2 aliphatic heterocycles. The van der Waals surface area contributed by atoms with Crippen LogP contribution in [0, 0.1) is 0 Å². The summed E-state index contributed by atoms with van der Waals surface area (Å²) in [6.07, 6.45) is 8.25. The molecule has 2 aliphatic rings. The highest BCUT2D eigenvalue weighted by Crippen LogP contribution is 2.39. The first kappa shape index (κ1) is 9.82. The van der Waals surface area contributed by atoms with Crippen molar-refractivity contribution in [2.24, 2.45) is 0 Å². The lowest BCUT2D eigenvalue weighted by molar-refractivity contribution is -0.0818. The summed E-state index contributed by atoms with van der Waals surface area (Å²) in [5, 5.41) is 0. The Morgan fingerprint density at radius 3 is 2.44 bits per heavy atom. The standard InChI is InChI=1S/C14H14O2/c1-2-6-12(7-3-1)13-14(8-4-10-15-13)9-5-11-16-14/h1-9,13H,10-11H2/t13-,14-/m1/s1.